The zero-order valence-corrected chi connectivity index (χ0v) is 11.5. The Balaban J connectivity index is 2.51. The number of halogens is 1. The van der Waals surface area contributed by atoms with E-state index in [1.807, 2.05) is 20.0 Å². The molecule has 3 nitrogen and oxygen atoms in total. The summed E-state index contributed by atoms with van der Waals surface area (Å²) in [6.45, 7) is 3.98. The molecule has 0 unspecified atom stereocenters. The Morgan fingerprint density at radius 2 is 2.00 bits per heavy atom. The summed E-state index contributed by atoms with van der Waals surface area (Å²) in [5, 5.41) is 3.04. The van der Waals surface area contributed by atoms with Gasteiger partial charge in [0, 0.05) is 24.4 Å². The molecule has 0 bridgehead atoms. The highest BCUT2D eigenvalue weighted by atomic mass is 19.1. The summed E-state index contributed by atoms with van der Waals surface area (Å²) in [6.07, 6.45) is 1.94. The van der Waals surface area contributed by atoms with E-state index in [0.717, 1.165) is 35.5 Å². The van der Waals surface area contributed by atoms with Crippen molar-refractivity contribution >= 4 is 5.82 Å². The Morgan fingerprint density at radius 3 is 2.63 bits per heavy atom. The average molecular weight is 259 g/mol. The third kappa shape index (κ3) is 3.08. The van der Waals surface area contributed by atoms with Crippen LogP contribution in [0.25, 0.3) is 11.4 Å². The second kappa shape index (κ2) is 5.78. The molecule has 0 atom stereocenters. The molecule has 0 radical (unpaired) electrons. The molecule has 2 aromatic rings. The second-order valence-electron chi connectivity index (χ2n) is 4.53. The van der Waals surface area contributed by atoms with E-state index in [1.165, 1.54) is 12.1 Å². The van der Waals surface area contributed by atoms with Crippen molar-refractivity contribution in [3.63, 3.8) is 0 Å². The van der Waals surface area contributed by atoms with Gasteiger partial charge in [-0.25, -0.2) is 14.4 Å². The first kappa shape index (κ1) is 13.5. The minimum atomic E-state index is -0.236. The lowest BCUT2D eigenvalue weighted by Gasteiger charge is -2.09. The number of hydrogen-bond acceptors (Lipinski definition) is 3. The van der Waals surface area contributed by atoms with Gasteiger partial charge in [-0.05, 0) is 37.1 Å². The van der Waals surface area contributed by atoms with Gasteiger partial charge in [0.25, 0.3) is 0 Å². The first-order chi connectivity index (χ1) is 9.13. The highest BCUT2D eigenvalue weighted by molar-refractivity contribution is 5.61. The van der Waals surface area contributed by atoms with E-state index in [9.17, 15) is 4.39 Å². The fourth-order valence-corrected chi connectivity index (χ4v) is 2.01. The average Bonchev–Trinajstić information content (AvgIpc) is 2.38. The van der Waals surface area contributed by atoms with E-state index in [4.69, 9.17) is 0 Å². The first-order valence-electron chi connectivity index (χ1n) is 6.46. The van der Waals surface area contributed by atoms with Crippen LogP contribution in [0, 0.1) is 12.7 Å². The molecular weight excluding hydrogens is 241 g/mol. The van der Waals surface area contributed by atoms with Gasteiger partial charge in [-0.3, -0.25) is 0 Å². The van der Waals surface area contributed by atoms with Gasteiger partial charge in [-0.15, -0.1) is 0 Å². The largest absolute Gasteiger partial charge is 0.373 e. The number of nitrogens with zero attached hydrogens (tertiary/aromatic N) is 2. The maximum absolute atomic E-state index is 13.2. The molecule has 4 heteroatoms. The van der Waals surface area contributed by atoms with Crippen molar-refractivity contribution < 1.29 is 4.39 Å². The summed E-state index contributed by atoms with van der Waals surface area (Å²) < 4.78 is 13.2. The van der Waals surface area contributed by atoms with E-state index < -0.39 is 0 Å². The van der Waals surface area contributed by atoms with Crippen LogP contribution >= 0.6 is 0 Å². The lowest BCUT2D eigenvalue weighted by atomic mass is 10.1. The molecule has 0 fully saturated rings. The summed E-state index contributed by atoms with van der Waals surface area (Å²) in [6, 6.07) is 6.63. The van der Waals surface area contributed by atoms with Gasteiger partial charge in [0.1, 0.15) is 11.6 Å². The van der Waals surface area contributed by atoms with Crippen LogP contribution in [-0.4, -0.2) is 17.0 Å². The summed E-state index contributed by atoms with van der Waals surface area (Å²) >= 11 is 0. The molecular formula is C15H18FN3. The SMILES string of the molecule is CCCc1cc(NC)nc(-c2ccc(F)cc2C)n1. The monoisotopic (exact) mass is 259 g/mol. The van der Waals surface area contributed by atoms with Crippen LogP contribution in [-0.2, 0) is 6.42 Å². The summed E-state index contributed by atoms with van der Waals surface area (Å²) in [5.74, 6) is 1.20. The maximum atomic E-state index is 13.2. The molecule has 0 aliphatic rings. The van der Waals surface area contributed by atoms with Crippen LogP contribution in [0.5, 0.6) is 0 Å². The Morgan fingerprint density at radius 1 is 1.21 bits per heavy atom. The van der Waals surface area contributed by atoms with Crippen molar-refractivity contribution in [2.45, 2.75) is 26.7 Å². The van der Waals surface area contributed by atoms with Gasteiger partial charge in [0.15, 0.2) is 5.82 Å². The quantitative estimate of drug-likeness (QED) is 0.911. The van der Waals surface area contributed by atoms with Gasteiger partial charge in [0.05, 0.1) is 0 Å². The van der Waals surface area contributed by atoms with E-state index in [-0.39, 0.29) is 5.82 Å². The molecule has 19 heavy (non-hydrogen) atoms. The van der Waals surface area contributed by atoms with E-state index >= 15 is 0 Å². The second-order valence-corrected chi connectivity index (χ2v) is 4.53. The highest BCUT2D eigenvalue weighted by Gasteiger charge is 2.09. The molecule has 100 valence electrons. The molecule has 0 amide bonds. The Hall–Kier alpha value is -1.97. The van der Waals surface area contributed by atoms with Gasteiger partial charge in [-0.1, -0.05) is 13.3 Å². The van der Waals surface area contributed by atoms with Crippen molar-refractivity contribution in [3.05, 3.63) is 41.3 Å². The van der Waals surface area contributed by atoms with Crippen LogP contribution in [0.3, 0.4) is 0 Å². The fourth-order valence-electron chi connectivity index (χ4n) is 2.01. The smallest absolute Gasteiger partial charge is 0.162 e. The van der Waals surface area contributed by atoms with Crippen molar-refractivity contribution in [2.75, 3.05) is 12.4 Å². The molecule has 0 saturated heterocycles. The summed E-state index contributed by atoms with van der Waals surface area (Å²) in [4.78, 5) is 9.01. The lowest BCUT2D eigenvalue weighted by Crippen LogP contribution is -2.01. The van der Waals surface area contributed by atoms with Crippen molar-refractivity contribution in [3.8, 4) is 11.4 Å². The number of hydrogen-bond donors (Lipinski definition) is 1. The van der Waals surface area contributed by atoms with Crippen LogP contribution in [0.4, 0.5) is 10.2 Å². The number of nitrogens with one attached hydrogen (secondary N) is 1. The zero-order valence-electron chi connectivity index (χ0n) is 11.5. The number of aryl methyl sites for hydroxylation is 2. The normalized spacial score (nSPS) is 10.5. The predicted octanol–water partition coefficient (Wildman–Crippen LogP) is 3.59. The Kier molecular flexibility index (Phi) is 4.10. The molecule has 1 aromatic heterocycles. The highest BCUT2D eigenvalue weighted by Crippen LogP contribution is 2.22. The number of aromatic nitrogens is 2. The van der Waals surface area contributed by atoms with Crippen LogP contribution < -0.4 is 5.32 Å². The van der Waals surface area contributed by atoms with Crippen molar-refractivity contribution in [1.82, 2.24) is 9.97 Å². The van der Waals surface area contributed by atoms with Crippen molar-refractivity contribution in [2.24, 2.45) is 0 Å². The first-order valence-corrected chi connectivity index (χ1v) is 6.46. The van der Waals surface area contributed by atoms with E-state index in [1.54, 1.807) is 6.07 Å². The molecule has 0 saturated carbocycles. The van der Waals surface area contributed by atoms with Crippen molar-refractivity contribution in [1.29, 1.82) is 0 Å². The topological polar surface area (TPSA) is 37.8 Å². The van der Waals surface area contributed by atoms with E-state index in [0.29, 0.717) is 5.82 Å². The predicted molar refractivity (Wildman–Crippen MR) is 75.7 cm³/mol. The molecule has 1 aromatic carbocycles. The van der Waals surface area contributed by atoms with Crippen LogP contribution in [0.1, 0.15) is 24.6 Å². The van der Waals surface area contributed by atoms with Gasteiger partial charge in [0.2, 0.25) is 0 Å². The molecule has 1 heterocycles. The molecule has 0 aliphatic heterocycles. The molecule has 2 rings (SSSR count). The number of rotatable bonds is 4. The minimum Gasteiger partial charge on any atom is -0.373 e. The standard InChI is InChI=1S/C15H18FN3/c1-4-5-12-9-14(17-3)19-15(18-12)13-7-6-11(16)8-10(13)2/h6-9H,4-5H2,1-3H3,(H,17,18,19). The van der Waals surface area contributed by atoms with Gasteiger partial charge < -0.3 is 5.32 Å². The minimum absolute atomic E-state index is 0.236. The van der Waals surface area contributed by atoms with Gasteiger partial charge in [-0.2, -0.15) is 0 Å². The third-order valence-electron chi connectivity index (χ3n) is 2.97. The van der Waals surface area contributed by atoms with Gasteiger partial charge >= 0.3 is 0 Å². The van der Waals surface area contributed by atoms with Crippen LogP contribution in [0.2, 0.25) is 0 Å². The fraction of sp³-hybridized carbons (Fsp3) is 0.333. The molecule has 0 spiro atoms. The zero-order chi connectivity index (χ0) is 13.8. The summed E-state index contributed by atoms with van der Waals surface area (Å²) in [5.41, 5.74) is 2.71. The lowest BCUT2D eigenvalue weighted by molar-refractivity contribution is 0.627. The Bertz CT molecular complexity index is 582. The summed E-state index contributed by atoms with van der Waals surface area (Å²) in [7, 11) is 1.83. The molecule has 0 aliphatic carbocycles. The molecule has 1 N–H and O–H groups in total. The van der Waals surface area contributed by atoms with Crippen LogP contribution in [0.15, 0.2) is 24.3 Å². The number of benzene rings is 1. The van der Waals surface area contributed by atoms with E-state index in [2.05, 4.69) is 22.2 Å². The third-order valence-corrected chi connectivity index (χ3v) is 2.97. The Labute approximate surface area is 112 Å². The maximum Gasteiger partial charge on any atom is 0.162 e. The number of anilines is 1.